The van der Waals surface area contributed by atoms with Gasteiger partial charge in [-0.2, -0.15) is 0 Å². The number of fused-ring (bicyclic) bond motifs is 1. The number of ether oxygens (including phenoxy) is 1. The lowest BCUT2D eigenvalue weighted by molar-refractivity contribution is 0.306. The standard InChI is InChI=1S/C23H23N3O/c1-15(2)22-20-12-19(27-14-17-5-4-9-24-13-17)6-7-21(20)26-23(22)18-8-10-25-16(3)11-18/h4-13,15,26H,14H2,1-3H3. The molecule has 27 heavy (non-hydrogen) atoms. The molecule has 4 nitrogen and oxygen atoms in total. The molecule has 4 aromatic rings. The van der Waals surface area contributed by atoms with E-state index in [0.717, 1.165) is 28.2 Å². The second kappa shape index (κ2) is 7.23. The molecule has 0 aliphatic heterocycles. The summed E-state index contributed by atoms with van der Waals surface area (Å²) < 4.78 is 6.01. The molecule has 4 heteroatoms. The lowest BCUT2D eigenvalue weighted by atomic mass is 9.96. The molecular formula is C23H23N3O. The Balaban J connectivity index is 1.73. The topological polar surface area (TPSA) is 50.8 Å². The molecule has 0 bridgehead atoms. The zero-order chi connectivity index (χ0) is 18.8. The van der Waals surface area contributed by atoms with Crippen molar-refractivity contribution in [1.29, 1.82) is 0 Å². The minimum Gasteiger partial charge on any atom is -0.489 e. The molecular weight excluding hydrogens is 334 g/mol. The Morgan fingerprint density at radius 3 is 2.70 bits per heavy atom. The first-order valence-electron chi connectivity index (χ1n) is 9.22. The highest BCUT2D eigenvalue weighted by Gasteiger charge is 2.17. The Bertz CT molecular complexity index is 1070. The molecule has 0 radical (unpaired) electrons. The van der Waals surface area contributed by atoms with Crippen LogP contribution in [-0.4, -0.2) is 15.0 Å². The number of aromatic nitrogens is 3. The van der Waals surface area contributed by atoms with Gasteiger partial charge in [0, 0.05) is 46.3 Å². The Morgan fingerprint density at radius 2 is 1.96 bits per heavy atom. The largest absolute Gasteiger partial charge is 0.489 e. The molecule has 0 saturated carbocycles. The minimum absolute atomic E-state index is 0.385. The van der Waals surface area contributed by atoms with Crippen molar-refractivity contribution in [3.05, 3.63) is 77.9 Å². The predicted molar refractivity (Wildman–Crippen MR) is 109 cm³/mol. The van der Waals surface area contributed by atoms with Crippen molar-refractivity contribution in [2.75, 3.05) is 0 Å². The molecule has 3 heterocycles. The van der Waals surface area contributed by atoms with Gasteiger partial charge in [0.2, 0.25) is 0 Å². The average Bonchev–Trinajstić information content (AvgIpc) is 3.06. The van der Waals surface area contributed by atoms with E-state index in [1.165, 1.54) is 16.5 Å². The van der Waals surface area contributed by atoms with Crippen molar-refractivity contribution < 1.29 is 4.74 Å². The summed E-state index contributed by atoms with van der Waals surface area (Å²) in [5, 5.41) is 1.21. The normalized spacial score (nSPS) is 11.3. The minimum atomic E-state index is 0.385. The van der Waals surface area contributed by atoms with Crippen LogP contribution in [0.25, 0.3) is 22.2 Å². The van der Waals surface area contributed by atoms with Crippen LogP contribution in [0.2, 0.25) is 0 Å². The average molecular weight is 357 g/mol. The number of aryl methyl sites for hydroxylation is 1. The number of benzene rings is 1. The first-order chi connectivity index (χ1) is 13.1. The van der Waals surface area contributed by atoms with Gasteiger partial charge >= 0.3 is 0 Å². The molecule has 0 spiro atoms. The first kappa shape index (κ1) is 17.3. The van der Waals surface area contributed by atoms with Gasteiger partial charge in [-0.05, 0) is 54.8 Å². The zero-order valence-electron chi connectivity index (χ0n) is 15.9. The predicted octanol–water partition coefficient (Wildman–Crippen LogP) is 5.64. The van der Waals surface area contributed by atoms with E-state index in [0.29, 0.717) is 12.5 Å². The van der Waals surface area contributed by atoms with Gasteiger partial charge in [-0.15, -0.1) is 0 Å². The van der Waals surface area contributed by atoms with Crippen LogP contribution in [0.15, 0.2) is 61.1 Å². The van der Waals surface area contributed by atoms with Gasteiger partial charge in [0.05, 0.1) is 5.69 Å². The quantitative estimate of drug-likeness (QED) is 0.503. The third-order valence-electron chi connectivity index (χ3n) is 4.70. The smallest absolute Gasteiger partial charge is 0.120 e. The van der Waals surface area contributed by atoms with Gasteiger partial charge in [0.25, 0.3) is 0 Å². The number of rotatable bonds is 5. The molecule has 0 aliphatic carbocycles. The Hall–Kier alpha value is -3.14. The Kier molecular flexibility index (Phi) is 4.63. The van der Waals surface area contributed by atoms with Gasteiger partial charge in [-0.25, -0.2) is 0 Å². The van der Waals surface area contributed by atoms with E-state index in [2.05, 4.69) is 53.1 Å². The maximum atomic E-state index is 6.01. The summed E-state index contributed by atoms with van der Waals surface area (Å²) in [6.07, 6.45) is 5.47. The summed E-state index contributed by atoms with van der Waals surface area (Å²) in [5.41, 5.74) is 6.83. The van der Waals surface area contributed by atoms with Crippen LogP contribution in [0.5, 0.6) is 5.75 Å². The van der Waals surface area contributed by atoms with E-state index < -0.39 is 0 Å². The van der Waals surface area contributed by atoms with E-state index in [4.69, 9.17) is 4.74 Å². The van der Waals surface area contributed by atoms with Gasteiger partial charge in [-0.1, -0.05) is 19.9 Å². The molecule has 3 aromatic heterocycles. The number of hydrogen-bond acceptors (Lipinski definition) is 3. The Labute approximate surface area is 159 Å². The highest BCUT2D eigenvalue weighted by Crippen LogP contribution is 2.37. The third-order valence-corrected chi connectivity index (χ3v) is 4.70. The second-order valence-electron chi connectivity index (χ2n) is 7.11. The molecule has 0 fully saturated rings. The number of aromatic amines is 1. The molecule has 4 rings (SSSR count). The van der Waals surface area contributed by atoms with Crippen molar-refractivity contribution in [3.63, 3.8) is 0 Å². The fourth-order valence-electron chi connectivity index (χ4n) is 3.46. The monoisotopic (exact) mass is 357 g/mol. The Morgan fingerprint density at radius 1 is 1.07 bits per heavy atom. The number of H-pyrrole nitrogens is 1. The van der Waals surface area contributed by atoms with E-state index >= 15 is 0 Å². The third kappa shape index (κ3) is 3.56. The van der Waals surface area contributed by atoms with Gasteiger partial charge in [0.1, 0.15) is 12.4 Å². The molecule has 1 N–H and O–H groups in total. The fraction of sp³-hybridized carbons (Fsp3) is 0.217. The summed E-state index contributed by atoms with van der Waals surface area (Å²) in [7, 11) is 0. The lowest BCUT2D eigenvalue weighted by Gasteiger charge is -2.10. The molecule has 136 valence electrons. The van der Waals surface area contributed by atoms with E-state index in [1.807, 2.05) is 37.5 Å². The molecule has 0 saturated heterocycles. The lowest BCUT2D eigenvalue weighted by Crippen LogP contribution is -1.96. The highest BCUT2D eigenvalue weighted by molar-refractivity contribution is 5.92. The highest BCUT2D eigenvalue weighted by atomic mass is 16.5. The van der Waals surface area contributed by atoms with E-state index in [9.17, 15) is 0 Å². The number of hydrogen-bond donors (Lipinski definition) is 1. The summed E-state index contributed by atoms with van der Waals surface area (Å²) >= 11 is 0. The van der Waals surface area contributed by atoms with E-state index in [-0.39, 0.29) is 0 Å². The first-order valence-corrected chi connectivity index (χ1v) is 9.22. The van der Waals surface area contributed by atoms with Crippen LogP contribution in [0.3, 0.4) is 0 Å². The summed E-state index contributed by atoms with van der Waals surface area (Å²) in [5.74, 6) is 1.25. The maximum absolute atomic E-state index is 6.01. The van der Waals surface area contributed by atoms with Crippen molar-refractivity contribution in [2.45, 2.75) is 33.3 Å². The van der Waals surface area contributed by atoms with Gasteiger partial charge in [-0.3, -0.25) is 9.97 Å². The fourth-order valence-corrected chi connectivity index (χ4v) is 3.46. The summed E-state index contributed by atoms with van der Waals surface area (Å²) in [6, 6.07) is 14.4. The van der Waals surface area contributed by atoms with Crippen LogP contribution in [0.4, 0.5) is 0 Å². The van der Waals surface area contributed by atoms with Gasteiger partial charge < -0.3 is 9.72 Å². The SMILES string of the molecule is Cc1cc(-c2[nH]c3ccc(OCc4cccnc4)cc3c2C(C)C)ccn1. The van der Waals surface area contributed by atoms with Crippen LogP contribution >= 0.6 is 0 Å². The van der Waals surface area contributed by atoms with Crippen molar-refractivity contribution in [3.8, 4) is 17.0 Å². The molecule has 0 atom stereocenters. The van der Waals surface area contributed by atoms with Crippen LogP contribution in [0, 0.1) is 6.92 Å². The number of pyridine rings is 2. The van der Waals surface area contributed by atoms with Crippen LogP contribution in [-0.2, 0) is 6.61 Å². The number of nitrogens with one attached hydrogen (secondary N) is 1. The molecule has 0 aliphatic rings. The van der Waals surface area contributed by atoms with Crippen LogP contribution in [0.1, 0.15) is 36.6 Å². The molecule has 0 amide bonds. The number of nitrogens with zero attached hydrogens (tertiary/aromatic N) is 2. The maximum Gasteiger partial charge on any atom is 0.120 e. The van der Waals surface area contributed by atoms with Crippen LogP contribution < -0.4 is 4.74 Å². The molecule has 0 unspecified atom stereocenters. The zero-order valence-corrected chi connectivity index (χ0v) is 15.9. The second-order valence-corrected chi connectivity index (χ2v) is 7.11. The van der Waals surface area contributed by atoms with E-state index in [1.54, 1.807) is 6.20 Å². The summed E-state index contributed by atoms with van der Waals surface area (Å²) in [4.78, 5) is 12.1. The van der Waals surface area contributed by atoms with Crippen molar-refractivity contribution >= 4 is 10.9 Å². The summed E-state index contributed by atoms with van der Waals surface area (Å²) in [6.45, 7) is 6.98. The molecule has 1 aromatic carbocycles. The van der Waals surface area contributed by atoms with Crippen molar-refractivity contribution in [1.82, 2.24) is 15.0 Å². The van der Waals surface area contributed by atoms with Crippen molar-refractivity contribution in [2.24, 2.45) is 0 Å². The van der Waals surface area contributed by atoms with Gasteiger partial charge in [0.15, 0.2) is 0 Å².